The van der Waals surface area contributed by atoms with Crippen LogP contribution >= 0.6 is 0 Å². The number of nitrogens with zero attached hydrogens (tertiary/aromatic N) is 6. The third kappa shape index (κ3) is 3.34. The molecule has 5 rings (SSSR count). The highest BCUT2D eigenvalue weighted by Crippen LogP contribution is 2.25. The molecule has 0 aliphatic rings. The van der Waals surface area contributed by atoms with E-state index in [1.807, 2.05) is 61.5 Å². The number of aromatic nitrogens is 5. The lowest BCUT2D eigenvalue weighted by Crippen LogP contribution is -2.27. The Hall–Kier alpha value is -3.91. The fourth-order valence-corrected chi connectivity index (χ4v) is 3.81. The summed E-state index contributed by atoms with van der Waals surface area (Å²) in [6.45, 7) is 2.81. The van der Waals surface area contributed by atoms with E-state index in [0.717, 1.165) is 11.1 Å². The van der Waals surface area contributed by atoms with Crippen molar-refractivity contribution in [1.29, 1.82) is 0 Å². The van der Waals surface area contributed by atoms with Crippen LogP contribution in [0.1, 0.15) is 18.3 Å². The minimum atomic E-state index is -0.160. The first-order chi connectivity index (χ1) is 15.7. The largest absolute Gasteiger partial charge is 0.383 e. The first kappa shape index (κ1) is 20.0. The molecule has 5 aromatic rings. The molecule has 0 unspecified atom stereocenters. The molecule has 2 aromatic carbocycles. The van der Waals surface area contributed by atoms with Crippen molar-refractivity contribution in [3.05, 3.63) is 76.3 Å². The lowest BCUT2D eigenvalue weighted by molar-refractivity contribution is 0.185. The lowest BCUT2D eigenvalue weighted by atomic mass is 10.2. The molecule has 0 bridgehead atoms. The van der Waals surface area contributed by atoms with Crippen LogP contribution in [0.2, 0.25) is 0 Å². The van der Waals surface area contributed by atoms with Gasteiger partial charge in [0, 0.05) is 13.5 Å². The predicted octanol–water partition coefficient (Wildman–Crippen LogP) is 3.39. The predicted molar refractivity (Wildman–Crippen MR) is 125 cm³/mol. The van der Waals surface area contributed by atoms with E-state index in [0.29, 0.717) is 53.1 Å². The molecule has 0 saturated heterocycles. The molecule has 32 heavy (non-hydrogen) atoms. The highest BCUT2D eigenvalue weighted by molar-refractivity contribution is 6.05. The van der Waals surface area contributed by atoms with Crippen molar-refractivity contribution in [2.24, 2.45) is 5.10 Å². The molecule has 0 atom stereocenters. The van der Waals surface area contributed by atoms with Crippen LogP contribution in [0, 0.1) is 0 Å². The second kappa shape index (κ2) is 8.32. The van der Waals surface area contributed by atoms with Gasteiger partial charge < -0.3 is 4.74 Å². The average Bonchev–Trinajstić information content (AvgIpc) is 3.13. The summed E-state index contributed by atoms with van der Waals surface area (Å²) in [5, 5.41) is 5.08. The third-order valence-electron chi connectivity index (χ3n) is 5.38. The molecule has 0 aliphatic heterocycles. The van der Waals surface area contributed by atoms with Gasteiger partial charge in [-0.3, -0.25) is 9.36 Å². The van der Waals surface area contributed by atoms with Crippen LogP contribution in [-0.2, 0) is 17.7 Å². The Labute approximate surface area is 183 Å². The first-order valence-corrected chi connectivity index (χ1v) is 10.5. The number of methoxy groups -OCH3 is 1. The molecule has 3 heterocycles. The highest BCUT2D eigenvalue weighted by atomic mass is 16.5. The van der Waals surface area contributed by atoms with Crippen molar-refractivity contribution >= 4 is 39.4 Å². The molecule has 0 N–H and O–H groups in total. The topological polar surface area (TPSA) is 87.2 Å². The SMILES string of the molecule is CCc1nc2c(c(=O)n1CCOC)c1nc3ccccc3nc1n2N=Cc1ccccc1. The Morgan fingerprint density at radius 1 is 0.969 bits per heavy atom. The maximum Gasteiger partial charge on any atom is 0.265 e. The average molecular weight is 426 g/mol. The van der Waals surface area contributed by atoms with Gasteiger partial charge in [0.1, 0.15) is 16.7 Å². The van der Waals surface area contributed by atoms with Crippen LogP contribution in [0.5, 0.6) is 0 Å². The lowest BCUT2D eigenvalue weighted by Gasteiger charge is -2.10. The number of fused-ring (bicyclic) bond motifs is 4. The molecule has 0 saturated carbocycles. The number of rotatable bonds is 6. The summed E-state index contributed by atoms with van der Waals surface area (Å²) in [7, 11) is 1.62. The number of hydrogen-bond donors (Lipinski definition) is 0. The first-order valence-electron chi connectivity index (χ1n) is 10.5. The standard InChI is InChI=1S/C24H22N6O2/c1-3-19-28-22-20(24(31)29(19)13-14-32-2)21-23(27-18-12-8-7-11-17(18)26-21)30(22)25-15-16-9-5-4-6-10-16/h4-12,15H,3,13-14H2,1-2H3. The van der Waals surface area contributed by atoms with Crippen LogP contribution in [0.4, 0.5) is 0 Å². The summed E-state index contributed by atoms with van der Waals surface area (Å²) in [4.78, 5) is 28.0. The number of ether oxygens (including phenoxy) is 1. The van der Waals surface area contributed by atoms with Crippen LogP contribution in [-0.4, -0.2) is 44.1 Å². The van der Waals surface area contributed by atoms with E-state index >= 15 is 0 Å². The van der Waals surface area contributed by atoms with Gasteiger partial charge in [0.25, 0.3) is 5.56 Å². The molecule has 0 radical (unpaired) electrons. The Morgan fingerprint density at radius 3 is 2.41 bits per heavy atom. The summed E-state index contributed by atoms with van der Waals surface area (Å²) < 4.78 is 8.49. The van der Waals surface area contributed by atoms with E-state index in [4.69, 9.17) is 19.7 Å². The Balaban J connectivity index is 1.87. The normalized spacial score (nSPS) is 11.9. The van der Waals surface area contributed by atoms with Crippen molar-refractivity contribution < 1.29 is 4.74 Å². The number of aryl methyl sites for hydroxylation is 1. The van der Waals surface area contributed by atoms with Crippen LogP contribution in [0.15, 0.2) is 64.5 Å². The number of hydrogen-bond acceptors (Lipinski definition) is 6. The van der Waals surface area contributed by atoms with Crippen LogP contribution < -0.4 is 5.56 Å². The Kier molecular flexibility index (Phi) is 5.20. The van der Waals surface area contributed by atoms with Crippen molar-refractivity contribution in [3.8, 4) is 0 Å². The summed E-state index contributed by atoms with van der Waals surface area (Å²) >= 11 is 0. The van der Waals surface area contributed by atoms with Crippen molar-refractivity contribution in [3.63, 3.8) is 0 Å². The van der Waals surface area contributed by atoms with Gasteiger partial charge >= 0.3 is 0 Å². The molecule has 160 valence electrons. The van der Waals surface area contributed by atoms with E-state index in [-0.39, 0.29) is 5.56 Å². The summed E-state index contributed by atoms with van der Waals surface area (Å²) in [6, 6.07) is 17.4. The van der Waals surface area contributed by atoms with Gasteiger partial charge in [-0.2, -0.15) is 9.78 Å². The maximum absolute atomic E-state index is 13.6. The molecular weight excluding hydrogens is 404 g/mol. The zero-order valence-electron chi connectivity index (χ0n) is 17.9. The minimum absolute atomic E-state index is 0.160. The molecule has 0 aliphatic carbocycles. The van der Waals surface area contributed by atoms with Gasteiger partial charge in [0.15, 0.2) is 11.3 Å². The molecule has 8 heteroatoms. The monoisotopic (exact) mass is 426 g/mol. The van der Waals surface area contributed by atoms with Gasteiger partial charge in [0.05, 0.1) is 30.4 Å². The Morgan fingerprint density at radius 2 is 1.69 bits per heavy atom. The van der Waals surface area contributed by atoms with Gasteiger partial charge in [-0.1, -0.05) is 49.4 Å². The molecule has 3 aromatic heterocycles. The van der Waals surface area contributed by atoms with Gasteiger partial charge in [-0.05, 0) is 17.7 Å². The van der Waals surface area contributed by atoms with E-state index < -0.39 is 0 Å². The fourth-order valence-electron chi connectivity index (χ4n) is 3.81. The van der Waals surface area contributed by atoms with Crippen molar-refractivity contribution in [2.45, 2.75) is 19.9 Å². The second-order valence-corrected chi connectivity index (χ2v) is 7.38. The molecule has 0 spiro atoms. The zero-order valence-corrected chi connectivity index (χ0v) is 17.9. The van der Waals surface area contributed by atoms with Gasteiger partial charge in [-0.25, -0.2) is 15.0 Å². The van der Waals surface area contributed by atoms with Gasteiger partial charge in [-0.15, -0.1) is 0 Å². The minimum Gasteiger partial charge on any atom is -0.383 e. The number of benzene rings is 2. The molecule has 0 amide bonds. The van der Waals surface area contributed by atoms with E-state index in [1.165, 1.54) is 0 Å². The molecular formula is C24H22N6O2. The molecule has 8 nitrogen and oxygen atoms in total. The smallest absolute Gasteiger partial charge is 0.265 e. The summed E-state index contributed by atoms with van der Waals surface area (Å²) in [6.07, 6.45) is 2.33. The van der Waals surface area contributed by atoms with Crippen molar-refractivity contribution in [1.82, 2.24) is 24.2 Å². The van der Waals surface area contributed by atoms with Gasteiger partial charge in [0.2, 0.25) is 0 Å². The summed E-state index contributed by atoms with van der Waals surface area (Å²) in [5.41, 5.74) is 3.67. The third-order valence-corrected chi connectivity index (χ3v) is 5.38. The number of para-hydroxylation sites is 2. The summed E-state index contributed by atoms with van der Waals surface area (Å²) in [5.74, 6) is 0.670. The Bertz CT molecular complexity index is 1520. The quantitative estimate of drug-likeness (QED) is 0.389. The maximum atomic E-state index is 13.6. The van der Waals surface area contributed by atoms with Crippen LogP contribution in [0.25, 0.3) is 33.2 Å². The van der Waals surface area contributed by atoms with Crippen LogP contribution in [0.3, 0.4) is 0 Å². The second-order valence-electron chi connectivity index (χ2n) is 7.38. The van der Waals surface area contributed by atoms with E-state index in [9.17, 15) is 4.79 Å². The van der Waals surface area contributed by atoms with Crippen molar-refractivity contribution in [2.75, 3.05) is 13.7 Å². The highest BCUT2D eigenvalue weighted by Gasteiger charge is 2.21. The zero-order chi connectivity index (χ0) is 22.1. The fraction of sp³-hybridized carbons (Fsp3) is 0.208. The van der Waals surface area contributed by atoms with E-state index in [1.54, 1.807) is 22.6 Å². The molecule has 0 fully saturated rings. The van der Waals surface area contributed by atoms with E-state index in [2.05, 4.69) is 5.10 Å².